The Balaban J connectivity index is 1.94. The Labute approximate surface area is 254 Å². The van der Waals surface area contributed by atoms with E-state index in [1.54, 1.807) is 6.92 Å². The molecular formula is C34H38N4O6. The molecule has 44 heavy (non-hydrogen) atoms. The van der Waals surface area contributed by atoms with Crippen molar-refractivity contribution in [1.82, 2.24) is 20.3 Å². The largest absolute Gasteiger partial charge is 0.481 e. The van der Waals surface area contributed by atoms with E-state index in [1.807, 2.05) is 39.0 Å². The molecule has 1 saturated heterocycles. The van der Waals surface area contributed by atoms with Crippen molar-refractivity contribution < 1.29 is 29.7 Å². The van der Waals surface area contributed by atoms with Crippen molar-refractivity contribution in [3.05, 3.63) is 84.8 Å². The summed E-state index contributed by atoms with van der Waals surface area (Å²) in [5.41, 5.74) is 8.56. The molecule has 0 spiro atoms. The van der Waals surface area contributed by atoms with Gasteiger partial charge in [-0.25, -0.2) is 4.79 Å². The van der Waals surface area contributed by atoms with Gasteiger partial charge in [-0.05, 0) is 74.1 Å². The Kier molecular flexibility index (Phi) is 8.03. The molecule has 0 radical (unpaired) electrons. The van der Waals surface area contributed by atoms with Gasteiger partial charge in [-0.3, -0.25) is 9.59 Å². The minimum absolute atomic E-state index is 0.0126. The second kappa shape index (κ2) is 11.6. The Morgan fingerprint density at radius 1 is 0.886 bits per heavy atom. The molecule has 3 aromatic rings. The van der Waals surface area contributed by atoms with E-state index in [2.05, 4.69) is 39.8 Å². The molecule has 230 valence electrons. The van der Waals surface area contributed by atoms with E-state index < -0.39 is 24.3 Å². The molecule has 3 aromatic heterocycles. The number of aromatic nitrogens is 3. The van der Waals surface area contributed by atoms with Crippen LogP contribution in [0.5, 0.6) is 0 Å². The van der Waals surface area contributed by atoms with Crippen LogP contribution in [0.1, 0.15) is 94.1 Å². The van der Waals surface area contributed by atoms with Gasteiger partial charge in [0.1, 0.15) is 0 Å². The van der Waals surface area contributed by atoms with Gasteiger partial charge < -0.3 is 35.6 Å². The van der Waals surface area contributed by atoms with Gasteiger partial charge in [0.15, 0.2) is 0 Å². The number of allylic oxidation sites excluding steroid dienone is 2. The predicted molar refractivity (Wildman–Crippen MR) is 169 cm³/mol. The van der Waals surface area contributed by atoms with Crippen LogP contribution in [-0.4, -0.2) is 48.2 Å². The number of fused-ring (bicyclic) bond motifs is 8. The molecule has 0 amide bonds. The molecule has 5 rings (SSSR count). The number of hydrogen-bond acceptors (Lipinski definition) is 4. The zero-order valence-corrected chi connectivity index (χ0v) is 25.6. The van der Waals surface area contributed by atoms with Crippen molar-refractivity contribution in [2.45, 2.75) is 60.3 Å². The van der Waals surface area contributed by atoms with Gasteiger partial charge in [-0.1, -0.05) is 26.5 Å². The van der Waals surface area contributed by atoms with Crippen molar-refractivity contribution in [3.8, 4) is 0 Å². The van der Waals surface area contributed by atoms with Gasteiger partial charge in [0, 0.05) is 68.6 Å². The lowest BCUT2D eigenvalue weighted by atomic mass is 9.85. The summed E-state index contributed by atoms with van der Waals surface area (Å²) < 4.78 is 0. The Morgan fingerprint density at radius 2 is 1.57 bits per heavy atom. The number of H-pyrrole nitrogens is 3. The first-order valence-electron chi connectivity index (χ1n) is 14.7. The average molecular weight is 599 g/mol. The highest BCUT2D eigenvalue weighted by Crippen LogP contribution is 2.42. The molecule has 5 heterocycles. The first-order chi connectivity index (χ1) is 20.9. The van der Waals surface area contributed by atoms with Gasteiger partial charge in [0.05, 0.1) is 17.7 Å². The van der Waals surface area contributed by atoms with Crippen LogP contribution in [0.25, 0.3) is 29.9 Å². The first kappa shape index (κ1) is 30.5. The number of rotatable bonds is 8. The molecule has 0 aromatic carbocycles. The summed E-state index contributed by atoms with van der Waals surface area (Å²) in [6.45, 7) is 13.8. The molecule has 1 fully saturated rings. The van der Waals surface area contributed by atoms with Gasteiger partial charge in [-0.2, -0.15) is 0 Å². The van der Waals surface area contributed by atoms with E-state index in [1.165, 1.54) is 0 Å². The standard InChI is InChI=1S/C34H38N4O6/c1-7-19-15(3)23-12-25-17(5)21(9-10-29(39)40)32(37-25)22(11-30(41)42)33-31(34(43)44)18(6)26(38-33)14-28-20(8-2)16(4)24(36-28)13-27(19)35-23/h7,12-14,17,21,35-38H,1,8-11H2,2-6H3,(H,39,40)(H,41,42)(H,43,44)/t17-,21-/m1/s1. The molecule has 0 saturated carbocycles. The summed E-state index contributed by atoms with van der Waals surface area (Å²) in [5.74, 6) is -3.87. The minimum Gasteiger partial charge on any atom is -0.481 e. The topological polar surface area (TPSA) is 171 Å². The van der Waals surface area contributed by atoms with Crippen LogP contribution in [0, 0.1) is 32.6 Å². The van der Waals surface area contributed by atoms with Crippen LogP contribution in [0.4, 0.5) is 0 Å². The lowest BCUT2D eigenvalue weighted by Crippen LogP contribution is -2.16. The molecular weight excluding hydrogens is 560 g/mol. The Morgan fingerprint density at radius 3 is 2.18 bits per heavy atom. The molecule has 2 aliphatic heterocycles. The zero-order chi connectivity index (χ0) is 32.0. The fourth-order valence-corrected chi connectivity index (χ4v) is 6.71. The Bertz CT molecular complexity index is 1910. The highest BCUT2D eigenvalue weighted by Gasteiger charge is 2.37. The SMILES string of the molecule is C=Cc1c2[nH]c(c1C)C=C1NC(=C(CC(=O)O)c3[nH]c(c(C)c3C(=O)O)C=c3[nH]c(c(C)c3CC)=C2)[C@H](CCC(=O)O)[C@H]1C. The fourth-order valence-electron chi connectivity index (χ4n) is 6.71. The van der Waals surface area contributed by atoms with Crippen molar-refractivity contribution in [3.63, 3.8) is 0 Å². The smallest absolute Gasteiger partial charge is 0.338 e. The van der Waals surface area contributed by atoms with E-state index in [0.29, 0.717) is 22.5 Å². The average Bonchev–Trinajstić information content (AvgIpc) is 3.63. The normalized spacial score (nSPS) is 17.4. The summed E-state index contributed by atoms with van der Waals surface area (Å²) in [4.78, 5) is 47.0. The molecule has 0 unspecified atom stereocenters. The quantitative estimate of drug-likeness (QED) is 0.201. The summed E-state index contributed by atoms with van der Waals surface area (Å²) in [7, 11) is 0. The third kappa shape index (κ3) is 5.21. The van der Waals surface area contributed by atoms with Crippen molar-refractivity contribution in [1.29, 1.82) is 0 Å². The summed E-state index contributed by atoms with van der Waals surface area (Å²) in [6, 6.07) is 0. The van der Waals surface area contributed by atoms with Crippen LogP contribution in [0.15, 0.2) is 18.0 Å². The minimum atomic E-state index is -1.18. The predicted octanol–water partition coefficient (Wildman–Crippen LogP) is 4.42. The van der Waals surface area contributed by atoms with Gasteiger partial charge in [-0.15, -0.1) is 0 Å². The van der Waals surface area contributed by atoms with Crippen LogP contribution in [-0.2, 0) is 16.0 Å². The maximum atomic E-state index is 12.7. The second-order valence-electron chi connectivity index (χ2n) is 11.6. The molecule has 2 aliphatic rings. The van der Waals surface area contributed by atoms with Crippen LogP contribution >= 0.6 is 0 Å². The number of hydrogen-bond donors (Lipinski definition) is 7. The summed E-state index contributed by atoms with van der Waals surface area (Å²) in [6.07, 6.45) is 8.10. The number of nitrogens with one attached hydrogen (secondary N) is 4. The summed E-state index contributed by atoms with van der Waals surface area (Å²) in [5, 5.41) is 35.1. The number of carboxylic acid groups (broad SMARTS) is 3. The van der Waals surface area contributed by atoms with E-state index >= 15 is 0 Å². The maximum absolute atomic E-state index is 12.7. The highest BCUT2D eigenvalue weighted by molar-refractivity contribution is 5.99. The van der Waals surface area contributed by atoms with Crippen molar-refractivity contribution >= 4 is 47.8 Å². The van der Waals surface area contributed by atoms with Gasteiger partial charge >= 0.3 is 17.9 Å². The molecule has 8 bridgehead atoms. The van der Waals surface area contributed by atoms with Crippen LogP contribution in [0.3, 0.4) is 0 Å². The van der Waals surface area contributed by atoms with Gasteiger partial charge in [0.25, 0.3) is 0 Å². The van der Waals surface area contributed by atoms with E-state index in [9.17, 15) is 29.7 Å². The lowest BCUT2D eigenvalue weighted by Gasteiger charge is -2.18. The molecule has 10 heteroatoms. The number of aliphatic carboxylic acids is 2. The highest BCUT2D eigenvalue weighted by atomic mass is 16.4. The van der Waals surface area contributed by atoms with Crippen LogP contribution in [0.2, 0.25) is 0 Å². The maximum Gasteiger partial charge on any atom is 0.338 e. The summed E-state index contributed by atoms with van der Waals surface area (Å²) >= 11 is 0. The van der Waals surface area contributed by atoms with E-state index in [4.69, 9.17) is 0 Å². The van der Waals surface area contributed by atoms with Crippen molar-refractivity contribution in [2.75, 3.05) is 0 Å². The third-order valence-electron chi connectivity index (χ3n) is 9.12. The number of aromatic carboxylic acids is 1. The fraction of sp³-hybridized carbons (Fsp3) is 0.324. The number of carbonyl (C=O) groups is 3. The molecule has 0 aliphatic carbocycles. The third-order valence-corrected chi connectivity index (χ3v) is 9.12. The number of aromatic amines is 3. The second-order valence-corrected chi connectivity index (χ2v) is 11.6. The molecule has 7 N–H and O–H groups in total. The molecule has 10 nitrogen and oxygen atoms in total. The zero-order valence-electron chi connectivity index (χ0n) is 25.6. The van der Waals surface area contributed by atoms with Crippen molar-refractivity contribution in [2.24, 2.45) is 11.8 Å². The Hall–Kier alpha value is -4.99. The van der Waals surface area contributed by atoms with E-state index in [0.717, 1.165) is 56.5 Å². The van der Waals surface area contributed by atoms with Crippen LogP contribution < -0.4 is 16.0 Å². The first-order valence-corrected chi connectivity index (χ1v) is 14.7. The monoisotopic (exact) mass is 598 g/mol. The lowest BCUT2D eigenvalue weighted by molar-refractivity contribution is -0.137. The van der Waals surface area contributed by atoms with E-state index in [-0.39, 0.29) is 35.9 Å². The molecule has 2 atom stereocenters. The van der Waals surface area contributed by atoms with Gasteiger partial charge in [0.2, 0.25) is 0 Å². The number of carboxylic acids is 3.